The molecule has 1 amide bonds. The molecule has 2 aromatic carbocycles. The van der Waals surface area contributed by atoms with Gasteiger partial charge in [0.2, 0.25) is 5.95 Å². The molecular weight excluding hydrogens is 599 g/mol. The number of hydrogen-bond donors (Lipinski definition) is 2. The van der Waals surface area contributed by atoms with Crippen LogP contribution in [0.5, 0.6) is 5.75 Å². The second kappa shape index (κ2) is 13.4. The number of ether oxygens (including phenoxy) is 1. The molecule has 4 heterocycles. The van der Waals surface area contributed by atoms with Crippen molar-refractivity contribution in [2.45, 2.75) is 45.8 Å². The molecule has 1 atom stereocenters. The Labute approximate surface area is 273 Å². The maximum Gasteiger partial charge on any atom is 0.258 e. The number of carbonyl (C=O) groups is 1. The molecule has 0 aliphatic carbocycles. The average molecular weight is 639 g/mol. The van der Waals surface area contributed by atoms with Crippen molar-refractivity contribution in [1.29, 1.82) is 5.26 Å². The lowest BCUT2D eigenvalue weighted by Gasteiger charge is -2.40. The molecule has 4 aromatic rings. The van der Waals surface area contributed by atoms with E-state index in [0.29, 0.717) is 22.9 Å². The van der Waals surface area contributed by atoms with E-state index in [0.717, 1.165) is 50.4 Å². The van der Waals surface area contributed by atoms with E-state index in [4.69, 9.17) is 9.72 Å². The first-order valence-corrected chi connectivity index (χ1v) is 15.8. The van der Waals surface area contributed by atoms with Crippen LogP contribution in [0.15, 0.2) is 48.9 Å². The number of anilines is 4. The highest BCUT2D eigenvalue weighted by molar-refractivity contribution is 6.05. The maximum atomic E-state index is 15.5. The lowest BCUT2D eigenvalue weighted by Crippen LogP contribution is -2.43. The minimum absolute atomic E-state index is 0.0505. The number of benzene rings is 2. The number of piperazine rings is 1. The molecule has 6 rings (SSSR count). The Hall–Kier alpha value is -5.06. The van der Waals surface area contributed by atoms with Gasteiger partial charge in [-0.15, -0.1) is 0 Å². The topological polar surface area (TPSA) is 127 Å². The van der Waals surface area contributed by atoms with Gasteiger partial charge in [0.05, 0.1) is 36.3 Å². The molecule has 0 radical (unpaired) electrons. The third-order valence-corrected chi connectivity index (χ3v) is 8.75. The maximum absolute atomic E-state index is 15.5. The largest absolute Gasteiger partial charge is 0.495 e. The highest BCUT2D eigenvalue weighted by atomic mass is 19.1. The SMILES string of the molecule is CCC1c2c(C#N)ncn2-c2cnc(Nc3cc(F)c(C(=O)Nc4ccc(CN5CCN(C)CC5)cc4)cc3OC)nc2N1C(C)C. The van der Waals surface area contributed by atoms with Gasteiger partial charge >= 0.3 is 0 Å². The molecule has 2 aliphatic heterocycles. The number of amides is 1. The van der Waals surface area contributed by atoms with E-state index in [-0.39, 0.29) is 35.0 Å². The van der Waals surface area contributed by atoms with E-state index >= 15 is 4.39 Å². The number of nitrogens with one attached hydrogen (secondary N) is 2. The Morgan fingerprint density at radius 3 is 2.55 bits per heavy atom. The van der Waals surface area contributed by atoms with Crippen LogP contribution < -0.4 is 20.3 Å². The molecule has 2 aliphatic rings. The molecule has 12 nitrogen and oxygen atoms in total. The molecule has 1 unspecified atom stereocenters. The van der Waals surface area contributed by atoms with Crippen LogP contribution in [0.25, 0.3) is 5.69 Å². The minimum atomic E-state index is -0.725. The number of carbonyl (C=O) groups excluding carboxylic acids is 1. The second-order valence-corrected chi connectivity index (χ2v) is 12.2. The number of nitrogens with zero attached hydrogens (tertiary/aromatic N) is 8. The standard InChI is InChI=1S/C34H39FN10O2/c1-6-28-31-27(17-36)38-20-44(31)29-18-37-34(41-32(29)45(28)21(2)3)40-26-16-25(35)24(15-30(26)47-5)33(46)39-23-9-7-22(8-10-23)19-43-13-11-42(4)12-14-43/h7-10,15-16,18,20-21,28H,6,11-14,19H2,1-5H3,(H,39,46)(H,37,40,41). The van der Waals surface area contributed by atoms with Crippen molar-refractivity contribution in [2.24, 2.45) is 0 Å². The van der Waals surface area contributed by atoms with Gasteiger partial charge in [0, 0.05) is 50.5 Å². The van der Waals surface area contributed by atoms with Crippen LogP contribution in [0.1, 0.15) is 60.5 Å². The molecule has 2 N–H and O–H groups in total. The van der Waals surface area contributed by atoms with Gasteiger partial charge in [0.1, 0.15) is 29.7 Å². The Bertz CT molecular complexity index is 1810. The van der Waals surface area contributed by atoms with Gasteiger partial charge in [-0.05, 0) is 51.1 Å². The van der Waals surface area contributed by atoms with Crippen molar-refractivity contribution in [3.8, 4) is 17.5 Å². The van der Waals surface area contributed by atoms with Crippen molar-refractivity contribution in [3.63, 3.8) is 0 Å². The predicted molar refractivity (Wildman–Crippen MR) is 178 cm³/mol. The van der Waals surface area contributed by atoms with Crippen molar-refractivity contribution in [1.82, 2.24) is 29.3 Å². The summed E-state index contributed by atoms with van der Waals surface area (Å²) in [5.41, 5.74) is 3.71. The van der Waals surface area contributed by atoms with Crippen molar-refractivity contribution >= 4 is 29.0 Å². The molecule has 1 saturated heterocycles. The lowest BCUT2D eigenvalue weighted by atomic mass is 10.0. The zero-order chi connectivity index (χ0) is 33.2. The van der Waals surface area contributed by atoms with Crippen LogP contribution in [0.3, 0.4) is 0 Å². The van der Waals surface area contributed by atoms with Gasteiger partial charge in [-0.1, -0.05) is 19.1 Å². The fraction of sp³-hybridized carbons (Fsp3) is 0.382. The van der Waals surface area contributed by atoms with E-state index < -0.39 is 11.7 Å². The second-order valence-electron chi connectivity index (χ2n) is 12.2. The van der Waals surface area contributed by atoms with Gasteiger partial charge in [-0.25, -0.2) is 14.4 Å². The van der Waals surface area contributed by atoms with E-state index in [1.807, 2.05) is 28.8 Å². The minimum Gasteiger partial charge on any atom is -0.495 e. The Morgan fingerprint density at radius 1 is 1.15 bits per heavy atom. The van der Waals surface area contributed by atoms with Gasteiger partial charge < -0.3 is 25.2 Å². The first kappa shape index (κ1) is 31.9. The third-order valence-electron chi connectivity index (χ3n) is 8.75. The molecular formula is C34H39FN10O2. The highest BCUT2D eigenvalue weighted by Gasteiger charge is 2.36. The zero-order valence-electron chi connectivity index (χ0n) is 27.3. The summed E-state index contributed by atoms with van der Waals surface area (Å²) in [7, 11) is 3.58. The highest BCUT2D eigenvalue weighted by Crippen LogP contribution is 2.42. The van der Waals surface area contributed by atoms with Crippen molar-refractivity contribution in [2.75, 3.05) is 55.9 Å². The number of hydrogen-bond acceptors (Lipinski definition) is 10. The monoisotopic (exact) mass is 638 g/mol. The van der Waals surface area contributed by atoms with Crippen LogP contribution in [0, 0.1) is 17.1 Å². The molecule has 0 spiro atoms. The summed E-state index contributed by atoms with van der Waals surface area (Å²) in [6.45, 7) is 11.2. The van der Waals surface area contributed by atoms with Gasteiger partial charge in [0.25, 0.3) is 5.91 Å². The van der Waals surface area contributed by atoms with Gasteiger partial charge in [0.15, 0.2) is 11.5 Å². The molecule has 1 fully saturated rings. The number of nitriles is 1. The van der Waals surface area contributed by atoms with E-state index in [9.17, 15) is 10.1 Å². The number of aromatic nitrogens is 4. The van der Waals surface area contributed by atoms with Gasteiger partial charge in [-0.3, -0.25) is 14.3 Å². The summed E-state index contributed by atoms with van der Waals surface area (Å²) in [5.74, 6) is -0.181. The number of likely N-dealkylation sites (N-methyl/N-ethyl adjacent to an activating group) is 1. The van der Waals surface area contributed by atoms with E-state index in [2.05, 4.69) is 69.2 Å². The molecule has 0 saturated carbocycles. The summed E-state index contributed by atoms with van der Waals surface area (Å²) in [6.07, 6.45) is 4.00. The Balaban J connectivity index is 1.21. The summed E-state index contributed by atoms with van der Waals surface area (Å²) >= 11 is 0. The summed E-state index contributed by atoms with van der Waals surface area (Å²) < 4.78 is 22.9. The number of methoxy groups -OCH3 is 1. The van der Waals surface area contributed by atoms with E-state index in [1.54, 1.807) is 12.5 Å². The van der Waals surface area contributed by atoms with Crippen LogP contribution in [-0.4, -0.2) is 81.6 Å². The average Bonchev–Trinajstić information content (AvgIpc) is 3.50. The van der Waals surface area contributed by atoms with Crippen molar-refractivity contribution < 1.29 is 13.9 Å². The van der Waals surface area contributed by atoms with Crippen molar-refractivity contribution in [3.05, 3.63) is 77.3 Å². The number of imidazole rings is 1. The fourth-order valence-corrected chi connectivity index (χ4v) is 6.29. The fourth-order valence-electron chi connectivity index (χ4n) is 6.29. The predicted octanol–water partition coefficient (Wildman–Crippen LogP) is 5.10. The molecule has 244 valence electrons. The molecule has 13 heteroatoms. The Kier molecular flexibility index (Phi) is 9.06. The van der Waals surface area contributed by atoms with E-state index in [1.165, 1.54) is 19.2 Å². The summed E-state index contributed by atoms with van der Waals surface area (Å²) in [6, 6.07) is 12.3. The quantitative estimate of drug-likeness (QED) is 0.256. The normalized spacial score (nSPS) is 16.4. The first-order chi connectivity index (χ1) is 22.7. The van der Waals surface area contributed by atoms with Crippen LogP contribution >= 0.6 is 0 Å². The smallest absolute Gasteiger partial charge is 0.258 e. The first-order valence-electron chi connectivity index (χ1n) is 15.8. The summed E-state index contributed by atoms with van der Waals surface area (Å²) in [4.78, 5) is 33.6. The number of halogens is 1. The zero-order valence-corrected chi connectivity index (χ0v) is 27.3. The molecule has 47 heavy (non-hydrogen) atoms. The molecule has 0 bridgehead atoms. The van der Waals surface area contributed by atoms with Crippen LogP contribution in [0.2, 0.25) is 0 Å². The Morgan fingerprint density at radius 2 is 1.89 bits per heavy atom. The van der Waals surface area contributed by atoms with Gasteiger partial charge in [-0.2, -0.15) is 10.2 Å². The van der Waals surface area contributed by atoms with Crippen LogP contribution in [0.4, 0.5) is 27.5 Å². The van der Waals surface area contributed by atoms with Crippen LogP contribution in [-0.2, 0) is 6.54 Å². The lowest BCUT2D eigenvalue weighted by molar-refractivity contribution is 0.102. The molecule has 2 aromatic heterocycles. The third kappa shape index (κ3) is 6.34. The number of rotatable bonds is 9. The summed E-state index contributed by atoms with van der Waals surface area (Å²) in [5, 5.41) is 15.6. The number of fused-ring (bicyclic) bond motifs is 3.